The van der Waals surface area contributed by atoms with Crippen LogP contribution in [0.4, 0.5) is 10.1 Å². The Kier molecular flexibility index (Phi) is 7.60. The fourth-order valence-electron chi connectivity index (χ4n) is 7.98. The minimum atomic E-state index is -1.30. The van der Waals surface area contributed by atoms with Crippen molar-refractivity contribution in [3.8, 4) is 5.75 Å². The Morgan fingerprint density at radius 2 is 1.80 bits per heavy atom. The molecule has 6 rings (SSSR count). The number of anilines is 1. The lowest BCUT2D eigenvalue weighted by Crippen LogP contribution is -2.48. The molecule has 2 aliphatic carbocycles. The van der Waals surface area contributed by atoms with Crippen LogP contribution in [-0.4, -0.2) is 51.3 Å². The molecule has 0 spiro atoms. The van der Waals surface area contributed by atoms with E-state index in [-0.39, 0.29) is 47.7 Å². The first kappa shape index (κ1) is 30.0. The Balaban J connectivity index is 1.38. The van der Waals surface area contributed by atoms with Crippen LogP contribution in [0.2, 0.25) is 5.02 Å². The fraction of sp³-hybridized carbons (Fsp3) is 0.424. The molecule has 2 saturated heterocycles. The number of carboxylic acids is 1. The highest BCUT2D eigenvalue weighted by molar-refractivity contribution is 6.31. The number of phenolic OH excluding ortho intramolecular Hbond substituents is 1. The van der Waals surface area contributed by atoms with Crippen LogP contribution in [0.5, 0.6) is 5.75 Å². The van der Waals surface area contributed by atoms with Crippen LogP contribution in [-0.2, 0) is 24.0 Å². The van der Waals surface area contributed by atoms with Gasteiger partial charge in [-0.05, 0) is 74.4 Å². The predicted octanol–water partition coefficient (Wildman–Crippen LogP) is 5.06. The molecule has 2 aromatic carbocycles. The molecule has 3 fully saturated rings. The molecule has 0 radical (unpaired) electrons. The molecule has 2 heterocycles. The average Bonchev–Trinajstić information content (AvgIpc) is 3.33. The number of carbonyl (C=O) groups excluding carboxylic acids is 4. The van der Waals surface area contributed by atoms with Gasteiger partial charge in [-0.2, -0.15) is 0 Å². The second-order valence-corrected chi connectivity index (χ2v) is 12.8. The first-order valence-corrected chi connectivity index (χ1v) is 15.2. The zero-order valence-corrected chi connectivity index (χ0v) is 24.8. The summed E-state index contributed by atoms with van der Waals surface area (Å²) in [6, 6.07) is 10.2. The number of fused-ring (bicyclic) bond motifs is 4. The summed E-state index contributed by atoms with van der Waals surface area (Å²) in [5.74, 6) is -6.49. The van der Waals surface area contributed by atoms with Gasteiger partial charge in [0.25, 0.3) is 0 Å². The number of likely N-dealkylation sites (tertiary alicyclic amines) is 1. The average molecular weight is 623 g/mol. The number of aromatic hydroxyl groups is 1. The molecule has 0 aromatic heterocycles. The number of carboxylic acid groups (broad SMARTS) is 1. The van der Waals surface area contributed by atoms with E-state index in [0.29, 0.717) is 31.2 Å². The van der Waals surface area contributed by atoms with E-state index in [0.717, 1.165) is 16.5 Å². The summed E-state index contributed by atoms with van der Waals surface area (Å²) < 4.78 is 14.0. The summed E-state index contributed by atoms with van der Waals surface area (Å²) in [5.41, 5.74) is 0.253. The quantitative estimate of drug-likeness (QED) is 0.239. The van der Waals surface area contributed by atoms with Gasteiger partial charge >= 0.3 is 5.97 Å². The molecule has 6 atom stereocenters. The number of imide groups is 2. The normalized spacial score (nSPS) is 29.4. The van der Waals surface area contributed by atoms with Gasteiger partial charge in [-0.3, -0.25) is 28.9 Å². The van der Waals surface area contributed by atoms with E-state index in [9.17, 15) is 33.5 Å². The number of nitrogens with zero attached hydrogens (tertiary/aromatic N) is 2. The molecular formula is C33H32ClFN2O7. The predicted molar refractivity (Wildman–Crippen MR) is 157 cm³/mol. The van der Waals surface area contributed by atoms with Crippen molar-refractivity contribution in [2.45, 2.75) is 51.4 Å². The smallest absolute Gasteiger partial charge is 0.303 e. The van der Waals surface area contributed by atoms with Gasteiger partial charge in [0.15, 0.2) is 0 Å². The number of carbonyl (C=O) groups is 5. The van der Waals surface area contributed by atoms with Gasteiger partial charge in [-0.1, -0.05) is 41.8 Å². The first-order valence-electron chi connectivity index (χ1n) is 14.8. The van der Waals surface area contributed by atoms with Crippen molar-refractivity contribution < 1.29 is 38.6 Å². The molecule has 2 aliphatic heterocycles. The van der Waals surface area contributed by atoms with Crippen molar-refractivity contribution in [2.24, 2.45) is 29.1 Å². The molecule has 0 bridgehead atoms. The summed E-state index contributed by atoms with van der Waals surface area (Å²) in [4.78, 5) is 69.0. The Labute approximate surface area is 258 Å². The van der Waals surface area contributed by atoms with E-state index in [2.05, 4.69) is 0 Å². The molecule has 44 heavy (non-hydrogen) atoms. The van der Waals surface area contributed by atoms with E-state index >= 15 is 0 Å². The van der Waals surface area contributed by atoms with E-state index in [1.54, 1.807) is 25.1 Å². The van der Waals surface area contributed by atoms with E-state index in [1.807, 2.05) is 6.08 Å². The number of phenols is 1. The highest BCUT2D eigenvalue weighted by Crippen LogP contribution is 2.63. The van der Waals surface area contributed by atoms with E-state index < -0.39 is 58.6 Å². The summed E-state index contributed by atoms with van der Waals surface area (Å²) in [6.45, 7) is 1.92. The zero-order chi connectivity index (χ0) is 31.5. The Bertz CT molecular complexity index is 1620. The second kappa shape index (κ2) is 11.1. The van der Waals surface area contributed by atoms with E-state index in [1.165, 1.54) is 23.1 Å². The molecule has 2 aromatic rings. The molecule has 9 nitrogen and oxygen atoms in total. The number of unbranched alkanes of at least 4 members (excludes halogenated alkanes) is 2. The van der Waals surface area contributed by atoms with Gasteiger partial charge in [0, 0.05) is 18.9 Å². The number of benzene rings is 2. The molecule has 230 valence electrons. The summed E-state index contributed by atoms with van der Waals surface area (Å²) in [5, 5.41) is 19.1. The Hall–Kier alpha value is -4.05. The van der Waals surface area contributed by atoms with Crippen LogP contribution in [0.3, 0.4) is 0 Å². The van der Waals surface area contributed by atoms with Crippen molar-refractivity contribution in [1.82, 2.24) is 4.90 Å². The van der Waals surface area contributed by atoms with Crippen molar-refractivity contribution in [2.75, 3.05) is 11.4 Å². The van der Waals surface area contributed by atoms with Gasteiger partial charge in [0.1, 0.15) is 11.6 Å². The van der Waals surface area contributed by atoms with Crippen molar-refractivity contribution in [1.29, 1.82) is 0 Å². The van der Waals surface area contributed by atoms with Gasteiger partial charge in [0.2, 0.25) is 23.6 Å². The SMILES string of the molecule is CC12C(=O)N(c3ccc(F)c(Cl)c3)C(=O)C1CC1C(=CCC3C(=O)N(CCCCCC(=O)O)C(=O)C31)C2c1cccc(O)c1. The second-order valence-electron chi connectivity index (χ2n) is 12.4. The largest absolute Gasteiger partial charge is 0.508 e. The maximum atomic E-state index is 14.3. The molecule has 4 aliphatic rings. The van der Waals surface area contributed by atoms with Crippen LogP contribution in [0.25, 0.3) is 0 Å². The third kappa shape index (κ3) is 4.62. The number of amides is 4. The number of allylic oxidation sites excluding steroid dienone is 2. The third-order valence-corrected chi connectivity index (χ3v) is 10.3. The summed E-state index contributed by atoms with van der Waals surface area (Å²) in [6.07, 6.45) is 3.91. The summed E-state index contributed by atoms with van der Waals surface area (Å²) >= 11 is 6.03. The molecule has 11 heteroatoms. The number of hydrogen-bond acceptors (Lipinski definition) is 6. The highest BCUT2D eigenvalue weighted by atomic mass is 35.5. The lowest BCUT2D eigenvalue weighted by molar-refractivity contribution is -0.141. The van der Waals surface area contributed by atoms with Gasteiger partial charge in [-0.25, -0.2) is 9.29 Å². The van der Waals surface area contributed by atoms with Crippen LogP contribution < -0.4 is 4.90 Å². The van der Waals surface area contributed by atoms with Crippen molar-refractivity contribution >= 4 is 46.9 Å². The van der Waals surface area contributed by atoms with Crippen LogP contribution >= 0.6 is 11.6 Å². The molecule has 4 amide bonds. The molecular weight excluding hydrogens is 591 g/mol. The molecule has 6 unspecified atom stereocenters. The minimum absolute atomic E-state index is 0.0146. The van der Waals surface area contributed by atoms with Crippen LogP contribution in [0, 0.1) is 34.9 Å². The van der Waals surface area contributed by atoms with Crippen molar-refractivity contribution in [3.05, 3.63) is 70.5 Å². The van der Waals surface area contributed by atoms with Crippen LogP contribution in [0.15, 0.2) is 54.1 Å². The van der Waals surface area contributed by atoms with Gasteiger partial charge in [-0.15, -0.1) is 0 Å². The van der Waals surface area contributed by atoms with E-state index in [4.69, 9.17) is 16.7 Å². The Morgan fingerprint density at radius 3 is 2.50 bits per heavy atom. The number of rotatable bonds is 8. The van der Waals surface area contributed by atoms with Gasteiger partial charge in [0.05, 0.1) is 33.9 Å². The third-order valence-electron chi connectivity index (χ3n) is 10.0. The van der Waals surface area contributed by atoms with Crippen molar-refractivity contribution in [3.63, 3.8) is 0 Å². The number of aliphatic carboxylic acids is 1. The zero-order valence-electron chi connectivity index (χ0n) is 24.0. The standard InChI is InChI=1S/C33H32ClFN2O7/c1-33-23(30(42)37(32(33)44)18-9-12-25(35)24(34)15-18)16-22-20(28(33)17-6-5-7-19(38)14-17)10-11-21-27(22)31(43)36(29(21)41)13-4-2-3-8-26(39)40/h5-7,9-10,12,14-15,21-23,27-28,38H,2-4,8,11,13,16H2,1H3,(H,39,40). The lowest BCUT2D eigenvalue weighted by Gasteiger charge is -2.49. The molecule has 2 N–H and O–H groups in total. The summed E-state index contributed by atoms with van der Waals surface area (Å²) in [7, 11) is 0. The topological polar surface area (TPSA) is 132 Å². The van der Waals surface area contributed by atoms with Gasteiger partial charge < -0.3 is 10.2 Å². The van der Waals surface area contributed by atoms with Crippen LogP contribution in [0.1, 0.15) is 56.9 Å². The minimum Gasteiger partial charge on any atom is -0.508 e. The molecule has 1 saturated carbocycles. The number of hydrogen-bond donors (Lipinski definition) is 2. The Morgan fingerprint density at radius 1 is 1.02 bits per heavy atom. The highest BCUT2D eigenvalue weighted by Gasteiger charge is 2.67. The maximum Gasteiger partial charge on any atom is 0.303 e. The lowest BCUT2D eigenvalue weighted by atomic mass is 9.51. The fourth-order valence-corrected chi connectivity index (χ4v) is 8.15. The first-order chi connectivity index (χ1) is 20.9. The number of halogens is 2. The monoisotopic (exact) mass is 622 g/mol. The maximum absolute atomic E-state index is 14.3.